The molecule has 0 aliphatic rings. The third-order valence-electron chi connectivity index (χ3n) is 2.97. The molecule has 2 rings (SSSR count). The lowest BCUT2D eigenvalue weighted by atomic mass is 10.1. The van der Waals surface area contributed by atoms with Crippen molar-refractivity contribution < 1.29 is 0 Å². The molecule has 0 saturated heterocycles. The summed E-state index contributed by atoms with van der Waals surface area (Å²) in [7, 11) is 0. The molecule has 21 heavy (non-hydrogen) atoms. The first-order valence-electron chi connectivity index (χ1n) is 6.83. The molecule has 2 N–H and O–H groups in total. The second-order valence-electron chi connectivity index (χ2n) is 4.60. The Morgan fingerprint density at radius 3 is 2.86 bits per heavy atom. The van der Waals surface area contributed by atoms with E-state index in [4.69, 9.17) is 12.2 Å². The van der Waals surface area contributed by atoms with Crippen LogP contribution in [0.2, 0.25) is 0 Å². The van der Waals surface area contributed by atoms with Gasteiger partial charge < -0.3 is 10.6 Å². The van der Waals surface area contributed by atoms with Crippen molar-refractivity contribution in [2.75, 3.05) is 17.6 Å². The average Bonchev–Trinajstić information content (AvgIpc) is 2.50. The molecule has 110 valence electrons. The molecular formula is C16H19N3S2. The summed E-state index contributed by atoms with van der Waals surface area (Å²) in [5.41, 5.74) is 3.66. The van der Waals surface area contributed by atoms with Crippen molar-refractivity contribution in [2.45, 2.75) is 12.7 Å². The number of hydrogen-bond acceptors (Lipinski definition) is 3. The second-order valence-corrected chi connectivity index (χ2v) is 6.12. The standard InChI is InChI=1S/C16H19N3S2/c1-13-5-2-3-6-14(13)12-21-10-9-18-16(20)19-15-7-4-8-17-11-15/h2-8,11H,9-10,12H2,1H3,(H2,18,19,20). The molecule has 1 aromatic heterocycles. The van der Waals surface area contributed by atoms with Crippen molar-refractivity contribution >= 4 is 34.8 Å². The summed E-state index contributed by atoms with van der Waals surface area (Å²) < 4.78 is 0. The summed E-state index contributed by atoms with van der Waals surface area (Å²) >= 11 is 7.15. The Hall–Kier alpha value is -1.59. The van der Waals surface area contributed by atoms with E-state index in [2.05, 4.69) is 46.8 Å². The van der Waals surface area contributed by atoms with Crippen LogP contribution in [0.3, 0.4) is 0 Å². The highest BCUT2D eigenvalue weighted by Gasteiger charge is 1.99. The van der Waals surface area contributed by atoms with E-state index in [1.165, 1.54) is 11.1 Å². The maximum absolute atomic E-state index is 5.24. The number of thioether (sulfide) groups is 1. The van der Waals surface area contributed by atoms with Gasteiger partial charge in [-0.25, -0.2) is 0 Å². The van der Waals surface area contributed by atoms with Crippen LogP contribution in [0.25, 0.3) is 0 Å². The third kappa shape index (κ3) is 5.73. The number of nitrogens with zero attached hydrogens (tertiary/aromatic N) is 1. The van der Waals surface area contributed by atoms with Gasteiger partial charge in [-0.2, -0.15) is 11.8 Å². The van der Waals surface area contributed by atoms with Crippen molar-refractivity contribution in [3.05, 3.63) is 59.9 Å². The molecular weight excluding hydrogens is 298 g/mol. The van der Waals surface area contributed by atoms with Gasteiger partial charge in [0.05, 0.1) is 11.9 Å². The molecule has 0 unspecified atom stereocenters. The predicted octanol–water partition coefficient (Wildman–Crippen LogP) is 3.61. The van der Waals surface area contributed by atoms with Gasteiger partial charge in [0.2, 0.25) is 0 Å². The number of nitrogens with one attached hydrogen (secondary N) is 2. The second kappa shape index (κ2) is 8.64. The van der Waals surface area contributed by atoms with Gasteiger partial charge in [-0.15, -0.1) is 0 Å². The molecule has 0 bridgehead atoms. The smallest absolute Gasteiger partial charge is 0.170 e. The van der Waals surface area contributed by atoms with Crippen LogP contribution in [0.1, 0.15) is 11.1 Å². The number of aromatic nitrogens is 1. The van der Waals surface area contributed by atoms with E-state index in [1.807, 2.05) is 23.9 Å². The van der Waals surface area contributed by atoms with E-state index >= 15 is 0 Å². The van der Waals surface area contributed by atoms with Crippen LogP contribution in [0, 0.1) is 6.92 Å². The molecule has 0 radical (unpaired) electrons. The van der Waals surface area contributed by atoms with Gasteiger partial charge in [0.1, 0.15) is 0 Å². The van der Waals surface area contributed by atoms with E-state index in [1.54, 1.807) is 12.4 Å². The van der Waals surface area contributed by atoms with Gasteiger partial charge in [0, 0.05) is 24.2 Å². The maximum Gasteiger partial charge on any atom is 0.170 e. The lowest BCUT2D eigenvalue weighted by Gasteiger charge is -2.10. The Morgan fingerprint density at radius 1 is 1.24 bits per heavy atom. The molecule has 1 heterocycles. The van der Waals surface area contributed by atoms with Crippen LogP contribution in [0.15, 0.2) is 48.8 Å². The number of thiocarbonyl (C=S) groups is 1. The molecule has 2 aromatic rings. The summed E-state index contributed by atoms with van der Waals surface area (Å²) in [6.07, 6.45) is 3.49. The Kier molecular flexibility index (Phi) is 6.50. The molecule has 0 aliphatic carbocycles. The van der Waals surface area contributed by atoms with Crippen LogP contribution in [0.5, 0.6) is 0 Å². The van der Waals surface area contributed by atoms with Crippen LogP contribution in [-0.2, 0) is 5.75 Å². The van der Waals surface area contributed by atoms with Gasteiger partial charge in [-0.1, -0.05) is 24.3 Å². The van der Waals surface area contributed by atoms with Gasteiger partial charge in [0.25, 0.3) is 0 Å². The third-order valence-corrected chi connectivity index (χ3v) is 4.22. The number of aryl methyl sites for hydroxylation is 1. The normalized spacial score (nSPS) is 10.1. The Bertz CT molecular complexity index is 573. The lowest BCUT2D eigenvalue weighted by Crippen LogP contribution is -2.30. The Balaban J connectivity index is 1.62. The largest absolute Gasteiger partial charge is 0.362 e. The molecule has 3 nitrogen and oxygen atoms in total. The first-order valence-corrected chi connectivity index (χ1v) is 8.39. The number of anilines is 1. The number of hydrogen-bond donors (Lipinski definition) is 2. The lowest BCUT2D eigenvalue weighted by molar-refractivity contribution is 0.989. The Morgan fingerprint density at radius 2 is 2.10 bits per heavy atom. The van der Waals surface area contributed by atoms with E-state index in [9.17, 15) is 0 Å². The molecule has 1 aromatic carbocycles. The zero-order valence-electron chi connectivity index (χ0n) is 12.0. The van der Waals surface area contributed by atoms with Crippen LogP contribution < -0.4 is 10.6 Å². The van der Waals surface area contributed by atoms with Crippen LogP contribution in [0.4, 0.5) is 5.69 Å². The zero-order chi connectivity index (χ0) is 14.9. The Labute approximate surface area is 135 Å². The van der Waals surface area contributed by atoms with E-state index < -0.39 is 0 Å². The highest BCUT2D eigenvalue weighted by atomic mass is 32.2. The summed E-state index contributed by atoms with van der Waals surface area (Å²) in [6, 6.07) is 12.3. The molecule has 5 heteroatoms. The number of rotatable bonds is 6. The van der Waals surface area contributed by atoms with E-state index in [0.717, 1.165) is 23.7 Å². The first kappa shape index (κ1) is 15.8. The minimum atomic E-state index is 0.638. The molecule has 0 aliphatic heterocycles. The summed E-state index contributed by atoms with van der Waals surface area (Å²) in [4.78, 5) is 4.04. The number of pyridine rings is 1. The van der Waals surface area contributed by atoms with E-state index in [-0.39, 0.29) is 0 Å². The highest BCUT2D eigenvalue weighted by Crippen LogP contribution is 2.15. The zero-order valence-corrected chi connectivity index (χ0v) is 13.6. The van der Waals surface area contributed by atoms with Crippen molar-refractivity contribution in [2.24, 2.45) is 0 Å². The number of benzene rings is 1. The minimum Gasteiger partial charge on any atom is -0.362 e. The fraction of sp³-hybridized carbons (Fsp3) is 0.250. The SMILES string of the molecule is Cc1ccccc1CSCCNC(=S)Nc1cccnc1. The quantitative estimate of drug-likeness (QED) is 0.629. The van der Waals surface area contributed by atoms with Gasteiger partial charge in [-0.3, -0.25) is 4.98 Å². The highest BCUT2D eigenvalue weighted by molar-refractivity contribution is 7.98. The van der Waals surface area contributed by atoms with Crippen molar-refractivity contribution in [3.63, 3.8) is 0 Å². The van der Waals surface area contributed by atoms with Crippen LogP contribution in [-0.4, -0.2) is 22.4 Å². The molecule has 0 spiro atoms. The monoisotopic (exact) mass is 317 g/mol. The molecule has 0 fully saturated rings. The molecule has 0 atom stereocenters. The molecule has 0 amide bonds. The fourth-order valence-corrected chi connectivity index (χ4v) is 2.96. The predicted molar refractivity (Wildman–Crippen MR) is 95.8 cm³/mol. The maximum atomic E-state index is 5.24. The van der Waals surface area contributed by atoms with Crippen LogP contribution >= 0.6 is 24.0 Å². The van der Waals surface area contributed by atoms with Crippen molar-refractivity contribution in [3.8, 4) is 0 Å². The summed E-state index contributed by atoms with van der Waals surface area (Å²) in [5, 5.41) is 6.95. The first-order chi connectivity index (χ1) is 10.3. The summed E-state index contributed by atoms with van der Waals surface area (Å²) in [6.45, 7) is 3.00. The van der Waals surface area contributed by atoms with Gasteiger partial charge in [-0.05, 0) is 42.4 Å². The van der Waals surface area contributed by atoms with E-state index in [0.29, 0.717) is 5.11 Å². The van der Waals surface area contributed by atoms with Crippen molar-refractivity contribution in [1.29, 1.82) is 0 Å². The van der Waals surface area contributed by atoms with Crippen molar-refractivity contribution in [1.82, 2.24) is 10.3 Å². The summed E-state index contributed by atoms with van der Waals surface area (Å²) in [5.74, 6) is 2.06. The average molecular weight is 317 g/mol. The topological polar surface area (TPSA) is 37.0 Å². The van der Waals surface area contributed by atoms with Gasteiger partial charge in [0.15, 0.2) is 5.11 Å². The minimum absolute atomic E-state index is 0.638. The fourth-order valence-electron chi connectivity index (χ4n) is 1.80. The van der Waals surface area contributed by atoms with Gasteiger partial charge >= 0.3 is 0 Å². The molecule has 0 saturated carbocycles.